The van der Waals surface area contributed by atoms with Crippen LogP contribution in [0.4, 0.5) is 5.69 Å². The Labute approximate surface area is 107 Å². The van der Waals surface area contributed by atoms with Gasteiger partial charge in [0.05, 0.1) is 17.8 Å². The Morgan fingerprint density at radius 1 is 1.50 bits per heavy atom. The van der Waals surface area contributed by atoms with Crippen molar-refractivity contribution in [2.24, 2.45) is 10.9 Å². The van der Waals surface area contributed by atoms with E-state index in [9.17, 15) is 4.79 Å². The van der Waals surface area contributed by atoms with Crippen molar-refractivity contribution in [1.29, 1.82) is 0 Å². The Balaban J connectivity index is 1.96. The molecule has 0 saturated heterocycles. The highest BCUT2D eigenvalue weighted by Gasteiger charge is 2.22. The number of esters is 1. The molecule has 1 aliphatic heterocycles. The minimum atomic E-state index is -0.431. The van der Waals surface area contributed by atoms with Crippen LogP contribution in [0.2, 0.25) is 0 Å². The number of carbonyl (C=O) groups excluding carboxylic acids is 1. The van der Waals surface area contributed by atoms with Crippen molar-refractivity contribution in [3.05, 3.63) is 24.0 Å². The van der Waals surface area contributed by atoms with Crippen molar-refractivity contribution in [3.63, 3.8) is 0 Å². The summed E-state index contributed by atoms with van der Waals surface area (Å²) in [5.74, 6) is -0.0967. The molecular weight excluding hydrogens is 228 g/mol. The molecule has 1 aliphatic rings. The first-order valence-corrected chi connectivity index (χ1v) is 6.14. The summed E-state index contributed by atoms with van der Waals surface area (Å²) in [6.07, 6.45) is 4.69. The fourth-order valence-corrected chi connectivity index (χ4v) is 1.91. The van der Waals surface area contributed by atoms with Crippen LogP contribution < -0.4 is 0 Å². The third-order valence-electron chi connectivity index (χ3n) is 2.60. The van der Waals surface area contributed by atoms with Crippen LogP contribution in [0.5, 0.6) is 0 Å². The minimum absolute atomic E-state index is 0.0854. The number of pyridine rings is 1. The molecule has 18 heavy (non-hydrogen) atoms. The van der Waals surface area contributed by atoms with Crippen LogP contribution in [0.25, 0.3) is 0 Å². The fraction of sp³-hybridized carbons (Fsp3) is 0.500. The van der Waals surface area contributed by atoms with Crippen LogP contribution in [0.15, 0.2) is 23.3 Å². The van der Waals surface area contributed by atoms with Gasteiger partial charge < -0.3 is 4.74 Å². The van der Waals surface area contributed by atoms with Crippen molar-refractivity contribution >= 4 is 17.9 Å². The highest BCUT2D eigenvalue weighted by atomic mass is 16.6. The van der Waals surface area contributed by atoms with E-state index in [1.807, 2.05) is 39.1 Å². The van der Waals surface area contributed by atoms with E-state index in [2.05, 4.69) is 9.98 Å². The first-order chi connectivity index (χ1) is 8.44. The molecule has 0 N–H and O–H groups in total. The second kappa shape index (κ2) is 4.88. The van der Waals surface area contributed by atoms with Gasteiger partial charge in [-0.25, -0.2) is 0 Å². The molecule has 4 nitrogen and oxygen atoms in total. The van der Waals surface area contributed by atoms with Gasteiger partial charge in [-0.2, -0.15) is 0 Å². The number of ether oxygens (including phenoxy) is 1. The van der Waals surface area contributed by atoms with Crippen LogP contribution in [0, 0.1) is 5.92 Å². The van der Waals surface area contributed by atoms with Crippen LogP contribution in [0.3, 0.4) is 0 Å². The zero-order valence-electron chi connectivity index (χ0n) is 11.0. The Bertz CT molecular complexity index is 475. The summed E-state index contributed by atoms with van der Waals surface area (Å²) in [7, 11) is 0. The minimum Gasteiger partial charge on any atom is -0.460 e. The van der Waals surface area contributed by atoms with Gasteiger partial charge in [-0.1, -0.05) is 0 Å². The van der Waals surface area contributed by atoms with Crippen LogP contribution >= 0.6 is 0 Å². The Kier molecular flexibility index (Phi) is 3.45. The summed E-state index contributed by atoms with van der Waals surface area (Å²) in [4.78, 5) is 20.3. The molecule has 1 aromatic rings. The summed E-state index contributed by atoms with van der Waals surface area (Å²) in [6, 6.07) is 3.80. The lowest BCUT2D eigenvalue weighted by atomic mass is 9.97. The number of nitrogens with zero attached hydrogens (tertiary/aromatic N) is 2. The third kappa shape index (κ3) is 3.39. The Morgan fingerprint density at radius 2 is 2.28 bits per heavy atom. The van der Waals surface area contributed by atoms with Crippen LogP contribution in [-0.2, 0) is 16.0 Å². The molecule has 0 radical (unpaired) electrons. The van der Waals surface area contributed by atoms with Gasteiger partial charge in [0.15, 0.2) is 0 Å². The lowest BCUT2D eigenvalue weighted by molar-refractivity contribution is -0.155. The van der Waals surface area contributed by atoms with E-state index in [1.54, 1.807) is 6.20 Å². The highest BCUT2D eigenvalue weighted by molar-refractivity contribution is 5.78. The average Bonchev–Trinajstić information content (AvgIpc) is 2.26. The number of hydrogen-bond acceptors (Lipinski definition) is 4. The first kappa shape index (κ1) is 12.7. The predicted molar refractivity (Wildman–Crippen MR) is 70.0 cm³/mol. The molecule has 0 aliphatic carbocycles. The second-order valence-electron chi connectivity index (χ2n) is 5.50. The summed E-state index contributed by atoms with van der Waals surface area (Å²) in [5, 5.41) is 0. The molecule has 0 bridgehead atoms. The molecule has 4 heteroatoms. The molecule has 1 aromatic heterocycles. The molecule has 0 aromatic carbocycles. The second-order valence-corrected chi connectivity index (χ2v) is 5.50. The molecule has 0 spiro atoms. The van der Waals surface area contributed by atoms with Gasteiger partial charge in [-0.15, -0.1) is 0 Å². The predicted octanol–water partition coefficient (Wildman–Crippen LogP) is 2.69. The maximum absolute atomic E-state index is 11.7. The van der Waals surface area contributed by atoms with Gasteiger partial charge >= 0.3 is 5.97 Å². The van der Waals surface area contributed by atoms with Crippen molar-refractivity contribution < 1.29 is 9.53 Å². The quantitative estimate of drug-likeness (QED) is 0.754. The number of rotatable bonds is 2. The van der Waals surface area contributed by atoms with Gasteiger partial charge in [0, 0.05) is 24.8 Å². The molecular formula is C14H18N2O2. The van der Waals surface area contributed by atoms with Crippen molar-refractivity contribution in [2.45, 2.75) is 39.2 Å². The standard InChI is InChI=1S/C14H18N2O2/c1-14(2,3)18-13(17)8-10-7-12-11(16-9-10)5-4-6-15-12/h4-6,9-10H,7-8H2,1-3H3. The highest BCUT2D eigenvalue weighted by Crippen LogP contribution is 2.25. The van der Waals surface area contributed by atoms with Gasteiger partial charge in [0.1, 0.15) is 5.60 Å². The summed E-state index contributed by atoms with van der Waals surface area (Å²) >= 11 is 0. The maximum atomic E-state index is 11.7. The third-order valence-corrected chi connectivity index (χ3v) is 2.60. The molecule has 0 fully saturated rings. The molecule has 0 saturated carbocycles. The van der Waals surface area contributed by atoms with Crippen LogP contribution in [-0.4, -0.2) is 22.8 Å². The number of carbonyl (C=O) groups is 1. The van der Waals surface area contributed by atoms with Gasteiger partial charge in [0.25, 0.3) is 0 Å². The number of aromatic nitrogens is 1. The van der Waals surface area contributed by atoms with Gasteiger partial charge in [-0.05, 0) is 32.9 Å². The first-order valence-electron chi connectivity index (χ1n) is 6.14. The summed E-state index contributed by atoms with van der Waals surface area (Å²) < 4.78 is 5.31. The lowest BCUT2D eigenvalue weighted by Crippen LogP contribution is -2.26. The van der Waals surface area contributed by atoms with E-state index in [0.29, 0.717) is 6.42 Å². The average molecular weight is 246 g/mol. The monoisotopic (exact) mass is 246 g/mol. The Morgan fingerprint density at radius 3 is 3.00 bits per heavy atom. The van der Waals surface area contributed by atoms with E-state index in [-0.39, 0.29) is 11.9 Å². The SMILES string of the molecule is CC(C)(C)OC(=O)CC1C=Nc2cccnc2C1. The van der Waals surface area contributed by atoms with E-state index in [4.69, 9.17) is 4.74 Å². The molecule has 2 rings (SSSR count). The molecule has 0 amide bonds. The Hall–Kier alpha value is -1.71. The van der Waals surface area contributed by atoms with Gasteiger partial charge in [0.2, 0.25) is 0 Å². The summed E-state index contributed by atoms with van der Waals surface area (Å²) in [6.45, 7) is 5.62. The summed E-state index contributed by atoms with van der Waals surface area (Å²) in [5.41, 5.74) is 1.42. The van der Waals surface area contributed by atoms with Crippen molar-refractivity contribution in [3.8, 4) is 0 Å². The largest absolute Gasteiger partial charge is 0.460 e. The van der Waals surface area contributed by atoms with Gasteiger partial charge in [-0.3, -0.25) is 14.8 Å². The number of fused-ring (bicyclic) bond motifs is 1. The normalized spacial score (nSPS) is 18.3. The van der Waals surface area contributed by atoms with E-state index >= 15 is 0 Å². The van der Waals surface area contributed by atoms with E-state index < -0.39 is 5.60 Å². The van der Waals surface area contributed by atoms with E-state index in [1.165, 1.54) is 0 Å². The maximum Gasteiger partial charge on any atom is 0.306 e. The fourth-order valence-electron chi connectivity index (χ4n) is 1.91. The van der Waals surface area contributed by atoms with E-state index in [0.717, 1.165) is 17.8 Å². The number of hydrogen-bond donors (Lipinski definition) is 0. The van der Waals surface area contributed by atoms with Crippen molar-refractivity contribution in [1.82, 2.24) is 4.98 Å². The zero-order valence-corrected chi connectivity index (χ0v) is 11.0. The number of aliphatic imine (C=N–C) groups is 1. The van der Waals surface area contributed by atoms with Crippen LogP contribution in [0.1, 0.15) is 32.9 Å². The molecule has 96 valence electrons. The lowest BCUT2D eigenvalue weighted by Gasteiger charge is -2.22. The zero-order chi connectivity index (χ0) is 13.2. The molecule has 2 heterocycles. The topological polar surface area (TPSA) is 51.5 Å². The molecule has 1 unspecified atom stereocenters. The smallest absolute Gasteiger partial charge is 0.306 e. The molecule has 1 atom stereocenters. The van der Waals surface area contributed by atoms with Crippen molar-refractivity contribution in [2.75, 3.05) is 0 Å².